The van der Waals surface area contributed by atoms with Crippen LogP contribution in [0.5, 0.6) is 0 Å². The van der Waals surface area contributed by atoms with E-state index in [9.17, 15) is 0 Å². The standard InChI is InChI=1S/H3N.4H2O4S.Y.Zr/c;4*1-5(2,3)4;;/h1H3;4*(H2,1,2,3,4);;/q;;;;;+3;+4/p-7. The van der Waals surface area contributed by atoms with Crippen LogP contribution in [0.1, 0.15) is 0 Å². The average molecular weight is 582 g/mol. The molecular weight excluding hydrogens is 578 g/mol. The largest absolute Gasteiger partial charge is 4.00 e. The first-order valence-electron chi connectivity index (χ1n) is 2.67. The molecule has 0 aromatic rings. The van der Waals surface area contributed by atoms with E-state index in [2.05, 4.69) is 0 Å². The van der Waals surface area contributed by atoms with Crippen molar-refractivity contribution in [3.63, 3.8) is 0 Å². The summed E-state index contributed by atoms with van der Waals surface area (Å²) in [5, 5.41) is 0. The van der Waals surface area contributed by atoms with Crippen LogP contribution < -0.4 is 6.15 Å². The monoisotopic (exact) mass is 581 g/mol. The molecule has 23 heteroatoms. The smallest absolute Gasteiger partial charge is 0.759 e. The Morgan fingerprint density at radius 1 is 0.391 bits per heavy atom. The molecule has 0 atom stereocenters. The van der Waals surface area contributed by atoms with Crippen LogP contribution in [-0.2, 0) is 101 Å². The SMILES string of the molecule is O=S(=O)([O-])[O-].O=S(=O)([O-])[O-].O=S(=O)([O-])[O-].O=S(=O)([O-])[O-].[NH4+].[Y+3].[Zr+4]. The first kappa shape index (κ1) is 44.1. The van der Waals surface area contributed by atoms with Gasteiger partial charge in [0.2, 0.25) is 0 Å². The van der Waals surface area contributed by atoms with Crippen LogP contribution in [0.15, 0.2) is 0 Å². The van der Waals surface area contributed by atoms with Gasteiger partial charge in [-0.15, -0.1) is 0 Å². The van der Waals surface area contributed by atoms with Gasteiger partial charge in [-0.05, 0) is 0 Å². The molecule has 0 radical (unpaired) electrons. The summed E-state index contributed by atoms with van der Waals surface area (Å²) in [4.78, 5) is 0. The minimum Gasteiger partial charge on any atom is -0.759 e. The van der Waals surface area contributed by atoms with Crippen LogP contribution in [0.25, 0.3) is 0 Å². The van der Waals surface area contributed by atoms with Crippen LogP contribution in [0, 0.1) is 0 Å². The van der Waals surface area contributed by atoms with Gasteiger partial charge in [0, 0.05) is 41.6 Å². The fraction of sp³-hybridized carbons (Fsp3) is 0. The molecule has 0 heterocycles. The summed E-state index contributed by atoms with van der Waals surface area (Å²) < 4.78 is 136. The summed E-state index contributed by atoms with van der Waals surface area (Å²) in [6.07, 6.45) is 0. The summed E-state index contributed by atoms with van der Waals surface area (Å²) >= 11 is 0. The molecule has 0 spiro atoms. The van der Waals surface area contributed by atoms with E-state index in [1.54, 1.807) is 0 Å². The van der Waals surface area contributed by atoms with Crippen molar-refractivity contribution >= 4 is 41.6 Å². The second-order valence-corrected chi connectivity index (χ2v) is 4.90. The molecule has 0 rings (SSSR count). The van der Waals surface area contributed by atoms with Gasteiger partial charge in [-0.2, -0.15) is 0 Å². The maximum atomic E-state index is 8.52. The van der Waals surface area contributed by atoms with Gasteiger partial charge in [-0.25, -0.2) is 0 Å². The molecule has 17 nitrogen and oxygen atoms in total. The maximum Gasteiger partial charge on any atom is 4.00 e. The summed E-state index contributed by atoms with van der Waals surface area (Å²) in [6.45, 7) is 0. The third kappa shape index (κ3) is 5280. The average Bonchev–Trinajstić information content (AvgIpc) is 1.62. The third-order valence-corrected chi connectivity index (χ3v) is 0. The summed E-state index contributed by atoms with van der Waals surface area (Å²) in [5.41, 5.74) is 0. The molecule has 0 saturated carbocycles. The second kappa shape index (κ2) is 18.2. The van der Waals surface area contributed by atoms with Gasteiger partial charge in [0.1, 0.15) is 0 Å². The van der Waals surface area contributed by atoms with E-state index in [1.165, 1.54) is 0 Å². The van der Waals surface area contributed by atoms with Gasteiger partial charge in [0.25, 0.3) is 0 Å². The van der Waals surface area contributed by atoms with Crippen LogP contribution >= 0.6 is 0 Å². The van der Waals surface area contributed by atoms with Crippen molar-refractivity contribution in [3.8, 4) is 0 Å². The van der Waals surface area contributed by atoms with Crippen molar-refractivity contribution in [1.29, 1.82) is 0 Å². The Morgan fingerprint density at radius 2 is 0.391 bits per heavy atom. The fourth-order valence-corrected chi connectivity index (χ4v) is 0. The van der Waals surface area contributed by atoms with Gasteiger partial charge in [0.05, 0.1) is 0 Å². The maximum absolute atomic E-state index is 8.52. The molecule has 0 saturated heterocycles. The zero-order chi connectivity index (χ0) is 18.0. The molecule has 0 aromatic heterocycles. The van der Waals surface area contributed by atoms with Crippen LogP contribution in [0.2, 0.25) is 0 Å². The number of quaternary nitrogens is 1. The van der Waals surface area contributed by atoms with Gasteiger partial charge in [-0.3, -0.25) is 33.7 Å². The Bertz CT molecular complexity index is 485. The molecule has 0 unspecified atom stereocenters. The van der Waals surface area contributed by atoms with Crippen molar-refractivity contribution in [2.45, 2.75) is 0 Å². The Kier molecular flexibility index (Phi) is 35.0. The van der Waals surface area contributed by atoms with E-state index >= 15 is 0 Å². The van der Waals surface area contributed by atoms with Gasteiger partial charge >= 0.3 is 58.9 Å². The number of hydrogen-bond acceptors (Lipinski definition) is 16. The van der Waals surface area contributed by atoms with Gasteiger partial charge in [-0.1, -0.05) is 0 Å². The quantitative estimate of drug-likeness (QED) is 0.206. The van der Waals surface area contributed by atoms with E-state index in [-0.39, 0.29) is 65.1 Å². The topological polar surface area (TPSA) is 358 Å². The van der Waals surface area contributed by atoms with Gasteiger partial charge in [0.15, 0.2) is 0 Å². The third-order valence-electron chi connectivity index (χ3n) is 0. The normalized spacial score (nSPS) is 10.1. The summed E-state index contributed by atoms with van der Waals surface area (Å²) in [6, 6.07) is 0. The molecule has 23 heavy (non-hydrogen) atoms. The van der Waals surface area contributed by atoms with Crippen LogP contribution in [0.3, 0.4) is 0 Å². The molecule has 4 N–H and O–H groups in total. The minimum absolute atomic E-state index is 0. The second-order valence-electron chi connectivity index (χ2n) is 1.63. The predicted octanol–water partition coefficient (Wildman–Crippen LogP) is -4.98. The Labute approximate surface area is 175 Å². The zero-order valence-corrected chi connectivity index (χ0v) is 18.8. The van der Waals surface area contributed by atoms with Crippen molar-refractivity contribution in [2.75, 3.05) is 0 Å². The van der Waals surface area contributed by atoms with Crippen molar-refractivity contribution in [3.05, 3.63) is 0 Å². The van der Waals surface area contributed by atoms with Crippen LogP contribution in [0.4, 0.5) is 0 Å². The molecule has 136 valence electrons. The summed E-state index contributed by atoms with van der Waals surface area (Å²) in [7, 11) is -20.7. The molecule has 0 aliphatic carbocycles. The first-order valence-corrected chi connectivity index (χ1v) is 8.00. The molecule has 0 bridgehead atoms. The van der Waals surface area contributed by atoms with Gasteiger partial charge < -0.3 is 42.6 Å². The van der Waals surface area contributed by atoms with Crippen molar-refractivity contribution in [2.24, 2.45) is 0 Å². The predicted molar refractivity (Wildman–Crippen MR) is 47.9 cm³/mol. The molecule has 0 amide bonds. The minimum atomic E-state index is -5.17. The van der Waals surface area contributed by atoms with Crippen LogP contribution in [-0.4, -0.2) is 70.1 Å². The molecule has 0 aliphatic rings. The summed E-state index contributed by atoms with van der Waals surface area (Å²) in [5.74, 6) is 0. The Balaban J connectivity index is -0.0000000284. The number of rotatable bonds is 0. The molecular formula is H4NO16S4YZr. The fourth-order valence-electron chi connectivity index (χ4n) is 0. The van der Waals surface area contributed by atoms with Crippen molar-refractivity contribution < 1.29 is 129 Å². The van der Waals surface area contributed by atoms with Crippen molar-refractivity contribution in [1.82, 2.24) is 6.15 Å². The number of hydrogen-bond donors (Lipinski definition) is 1. The van der Waals surface area contributed by atoms with E-state index in [4.69, 9.17) is 70.1 Å². The molecule has 0 aromatic carbocycles. The van der Waals surface area contributed by atoms with E-state index in [1.807, 2.05) is 0 Å². The van der Waals surface area contributed by atoms with E-state index in [0.717, 1.165) is 0 Å². The van der Waals surface area contributed by atoms with E-state index in [0.29, 0.717) is 0 Å². The molecule has 0 aliphatic heterocycles. The molecule has 0 fully saturated rings. The first-order chi connectivity index (χ1) is 8.00. The zero-order valence-electron chi connectivity index (χ0n) is 10.2. The van der Waals surface area contributed by atoms with E-state index < -0.39 is 41.6 Å². The Hall–Kier alpha value is 1.43. The Morgan fingerprint density at radius 3 is 0.391 bits per heavy atom.